The van der Waals surface area contributed by atoms with Crippen LogP contribution in [0.3, 0.4) is 0 Å². The molecule has 4 rings (SSSR count). The number of amides is 1. The Bertz CT molecular complexity index is 911. The molecular weight excluding hydrogens is 326 g/mol. The first kappa shape index (κ1) is 16.9. The van der Waals surface area contributed by atoms with Gasteiger partial charge in [-0.2, -0.15) is 0 Å². The Morgan fingerprint density at radius 2 is 2.27 bits per heavy atom. The summed E-state index contributed by atoms with van der Waals surface area (Å²) in [4.78, 5) is 15.8. The van der Waals surface area contributed by atoms with Crippen molar-refractivity contribution in [2.45, 2.75) is 51.6 Å². The molecule has 1 aromatic carbocycles. The maximum Gasteiger partial charge on any atom is 0.258 e. The van der Waals surface area contributed by atoms with Crippen LogP contribution in [0.25, 0.3) is 10.9 Å². The first-order valence-corrected chi connectivity index (χ1v) is 9.37. The molecule has 1 aliphatic carbocycles. The van der Waals surface area contributed by atoms with Gasteiger partial charge in [-0.1, -0.05) is 6.92 Å². The fourth-order valence-electron chi connectivity index (χ4n) is 3.75. The van der Waals surface area contributed by atoms with Crippen LogP contribution in [0.2, 0.25) is 0 Å². The molecule has 26 heavy (non-hydrogen) atoms. The number of benzene rings is 1. The summed E-state index contributed by atoms with van der Waals surface area (Å²) < 4.78 is 4.99. The number of rotatable bonds is 5. The van der Waals surface area contributed by atoms with Crippen LogP contribution in [-0.4, -0.2) is 23.0 Å². The van der Waals surface area contributed by atoms with Crippen LogP contribution in [0.5, 0.6) is 0 Å². The van der Waals surface area contributed by atoms with Gasteiger partial charge in [0.05, 0.1) is 11.8 Å². The average Bonchev–Trinajstić information content (AvgIpc) is 3.29. The molecular formula is C21H25N3O2. The molecule has 0 saturated heterocycles. The zero-order chi connectivity index (χ0) is 18.1. The molecule has 2 atom stereocenters. The van der Waals surface area contributed by atoms with Gasteiger partial charge < -0.3 is 20.0 Å². The lowest BCUT2D eigenvalue weighted by molar-refractivity contribution is 0.102. The zero-order valence-corrected chi connectivity index (χ0v) is 15.3. The molecule has 5 heteroatoms. The Labute approximate surface area is 153 Å². The molecule has 5 nitrogen and oxygen atoms in total. The first-order valence-electron chi connectivity index (χ1n) is 9.37. The van der Waals surface area contributed by atoms with E-state index in [0.717, 1.165) is 36.9 Å². The summed E-state index contributed by atoms with van der Waals surface area (Å²) in [5.41, 5.74) is 5.19. The van der Waals surface area contributed by atoms with Crippen LogP contribution in [0.1, 0.15) is 48.3 Å². The van der Waals surface area contributed by atoms with Crippen LogP contribution >= 0.6 is 0 Å². The topological polar surface area (TPSA) is 70.1 Å². The standard InChI is InChI=1S/C21H25N3O2/c1-3-13(2)22-15-4-6-19-17(10-15)18-11-16(5-7-20(18)24-19)23-21(25)14-8-9-26-12-14/h5,7-9,11-13,15,22,24H,3-4,6,10H2,1-2H3,(H,23,25). The number of aromatic amines is 1. The van der Waals surface area contributed by atoms with Gasteiger partial charge in [0.2, 0.25) is 0 Å². The number of carbonyl (C=O) groups is 1. The molecule has 2 aromatic heterocycles. The van der Waals surface area contributed by atoms with Gasteiger partial charge in [0, 0.05) is 34.4 Å². The largest absolute Gasteiger partial charge is 0.472 e. The Balaban J connectivity index is 1.58. The highest BCUT2D eigenvalue weighted by Crippen LogP contribution is 2.31. The number of H-pyrrole nitrogens is 1. The third-order valence-corrected chi connectivity index (χ3v) is 5.36. The molecule has 1 amide bonds. The summed E-state index contributed by atoms with van der Waals surface area (Å²) in [6.07, 6.45) is 7.35. The molecule has 2 heterocycles. The lowest BCUT2D eigenvalue weighted by Gasteiger charge is -2.26. The highest BCUT2D eigenvalue weighted by atomic mass is 16.3. The van der Waals surface area contributed by atoms with Gasteiger partial charge in [0.25, 0.3) is 5.91 Å². The summed E-state index contributed by atoms with van der Waals surface area (Å²) in [7, 11) is 0. The number of aromatic nitrogens is 1. The van der Waals surface area contributed by atoms with E-state index in [1.165, 1.54) is 29.2 Å². The van der Waals surface area contributed by atoms with Crippen LogP contribution < -0.4 is 10.6 Å². The number of carbonyl (C=O) groups excluding carboxylic acids is 1. The molecule has 3 N–H and O–H groups in total. The Kier molecular flexibility index (Phi) is 4.55. The van der Waals surface area contributed by atoms with E-state index in [1.807, 2.05) is 6.07 Å². The third kappa shape index (κ3) is 3.27. The summed E-state index contributed by atoms with van der Waals surface area (Å²) in [6.45, 7) is 4.46. The van der Waals surface area contributed by atoms with Crippen molar-refractivity contribution in [1.29, 1.82) is 0 Å². The molecule has 1 aliphatic rings. The van der Waals surface area contributed by atoms with Crippen LogP contribution in [-0.2, 0) is 12.8 Å². The minimum absolute atomic E-state index is 0.154. The first-order chi connectivity index (χ1) is 12.6. The number of aryl methyl sites for hydroxylation is 1. The van der Waals surface area contributed by atoms with Crippen molar-refractivity contribution in [3.8, 4) is 0 Å². The van der Waals surface area contributed by atoms with Gasteiger partial charge in [-0.25, -0.2) is 0 Å². The Morgan fingerprint density at radius 3 is 3.04 bits per heavy atom. The van der Waals surface area contributed by atoms with Gasteiger partial charge >= 0.3 is 0 Å². The average molecular weight is 351 g/mol. The SMILES string of the molecule is CCC(C)NC1CCc2[nH]c3ccc(NC(=O)c4ccoc4)cc3c2C1. The molecule has 3 aromatic rings. The second kappa shape index (κ2) is 7.00. The zero-order valence-electron chi connectivity index (χ0n) is 15.3. The van der Waals surface area contributed by atoms with Crippen molar-refractivity contribution in [2.24, 2.45) is 0 Å². The van der Waals surface area contributed by atoms with Crippen molar-refractivity contribution in [3.05, 3.63) is 53.6 Å². The monoisotopic (exact) mass is 351 g/mol. The minimum atomic E-state index is -0.154. The second-order valence-corrected chi connectivity index (χ2v) is 7.22. The maximum atomic E-state index is 12.3. The fourth-order valence-corrected chi connectivity index (χ4v) is 3.75. The number of hydrogen-bond donors (Lipinski definition) is 3. The molecule has 0 spiro atoms. The number of hydrogen-bond acceptors (Lipinski definition) is 3. The van der Waals surface area contributed by atoms with Gasteiger partial charge in [-0.05, 0) is 62.4 Å². The quantitative estimate of drug-likeness (QED) is 0.643. The molecule has 0 bridgehead atoms. The van der Waals surface area contributed by atoms with Gasteiger partial charge in [0.15, 0.2) is 0 Å². The molecule has 2 unspecified atom stereocenters. The van der Waals surface area contributed by atoms with E-state index in [9.17, 15) is 4.79 Å². The van der Waals surface area contributed by atoms with Crippen molar-refractivity contribution in [2.75, 3.05) is 5.32 Å². The lowest BCUT2D eigenvalue weighted by Crippen LogP contribution is -2.39. The molecule has 0 aliphatic heterocycles. The summed E-state index contributed by atoms with van der Waals surface area (Å²) in [6, 6.07) is 8.79. The fraction of sp³-hybridized carbons (Fsp3) is 0.381. The van der Waals surface area contributed by atoms with E-state index >= 15 is 0 Å². The van der Waals surface area contributed by atoms with E-state index in [4.69, 9.17) is 4.42 Å². The van der Waals surface area contributed by atoms with Gasteiger partial charge in [-0.3, -0.25) is 4.79 Å². The number of fused-ring (bicyclic) bond motifs is 3. The number of anilines is 1. The van der Waals surface area contributed by atoms with Crippen molar-refractivity contribution < 1.29 is 9.21 Å². The van der Waals surface area contributed by atoms with E-state index in [-0.39, 0.29) is 5.91 Å². The van der Waals surface area contributed by atoms with Crippen molar-refractivity contribution >= 4 is 22.5 Å². The third-order valence-electron chi connectivity index (χ3n) is 5.36. The summed E-state index contributed by atoms with van der Waals surface area (Å²) >= 11 is 0. The normalized spacial score (nSPS) is 17.8. The number of furan rings is 1. The Hall–Kier alpha value is -2.53. The van der Waals surface area contributed by atoms with E-state index in [0.29, 0.717) is 17.6 Å². The Morgan fingerprint density at radius 1 is 1.38 bits per heavy atom. The summed E-state index contributed by atoms with van der Waals surface area (Å²) in [5, 5.41) is 7.90. The van der Waals surface area contributed by atoms with E-state index in [2.05, 4.69) is 41.6 Å². The molecule has 0 radical (unpaired) electrons. The highest BCUT2D eigenvalue weighted by Gasteiger charge is 2.23. The predicted octanol–water partition coefficient (Wildman–Crippen LogP) is 4.26. The van der Waals surface area contributed by atoms with Gasteiger partial charge in [0.1, 0.15) is 6.26 Å². The molecule has 0 saturated carbocycles. The van der Waals surface area contributed by atoms with Gasteiger partial charge in [-0.15, -0.1) is 0 Å². The second-order valence-electron chi connectivity index (χ2n) is 7.22. The van der Waals surface area contributed by atoms with Crippen molar-refractivity contribution in [3.63, 3.8) is 0 Å². The van der Waals surface area contributed by atoms with E-state index < -0.39 is 0 Å². The molecule has 0 fully saturated rings. The van der Waals surface area contributed by atoms with Crippen LogP contribution in [0.15, 0.2) is 41.2 Å². The smallest absolute Gasteiger partial charge is 0.258 e. The van der Waals surface area contributed by atoms with Crippen LogP contribution in [0, 0.1) is 0 Å². The van der Waals surface area contributed by atoms with Crippen molar-refractivity contribution in [1.82, 2.24) is 10.3 Å². The maximum absolute atomic E-state index is 12.3. The minimum Gasteiger partial charge on any atom is -0.472 e. The lowest BCUT2D eigenvalue weighted by atomic mass is 9.91. The van der Waals surface area contributed by atoms with E-state index in [1.54, 1.807) is 6.07 Å². The van der Waals surface area contributed by atoms with Crippen LogP contribution in [0.4, 0.5) is 5.69 Å². The highest BCUT2D eigenvalue weighted by molar-refractivity contribution is 6.05. The predicted molar refractivity (Wildman–Crippen MR) is 104 cm³/mol. The number of nitrogens with one attached hydrogen (secondary N) is 3. The summed E-state index contributed by atoms with van der Waals surface area (Å²) in [5.74, 6) is -0.154. The molecule has 136 valence electrons.